The highest BCUT2D eigenvalue weighted by Gasteiger charge is 2.42. The average Bonchev–Trinajstić information content (AvgIpc) is 2.39. The van der Waals surface area contributed by atoms with Crippen molar-refractivity contribution in [3.05, 3.63) is 30.1 Å². The van der Waals surface area contributed by atoms with E-state index in [0.717, 1.165) is 5.56 Å². The number of nitrogens with zero attached hydrogens (tertiary/aromatic N) is 1. The lowest BCUT2D eigenvalue weighted by atomic mass is 9.74. The Kier molecular flexibility index (Phi) is 4.04. The molecule has 100 valence electrons. The highest BCUT2D eigenvalue weighted by molar-refractivity contribution is 6.11. The quantitative estimate of drug-likeness (QED) is 0.605. The van der Waals surface area contributed by atoms with E-state index in [1.54, 1.807) is 31.5 Å². The largest absolute Gasteiger partial charge is 0.465 e. The molecule has 0 radical (unpaired) electrons. The Bertz CT molecular complexity index is 497. The molecule has 1 aliphatic carbocycles. The predicted octanol–water partition coefficient (Wildman–Crippen LogP) is 1.28. The van der Waals surface area contributed by atoms with Crippen molar-refractivity contribution in [2.75, 3.05) is 6.61 Å². The molecule has 0 aliphatic heterocycles. The van der Waals surface area contributed by atoms with Crippen LogP contribution in [0.25, 0.3) is 0 Å². The Morgan fingerprint density at radius 3 is 2.68 bits per heavy atom. The van der Waals surface area contributed by atoms with Gasteiger partial charge in [0, 0.05) is 24.7 Å². The van der Waals surface area contributed by atoms with E-state index in [1.807, 2.05) is 0 Å². The van der Waals surface area contributed by atoms with Crippen LogP contribution in [0.15, 0.2) is 24.5 Å². The van der Waals surface area contributed by atoms with E-state index in [0.29, 0.717) is 0 Å². The van der Waals surface area contributed by atoms with Gasteiger partial charge in [0.1, 0.15) is 11.7 Å². The summed E-state index contributed by atoms with van der Waals surface area (Å²) in [4.78, 5) is 39.4. The van der Waals surface area contributed by atoms with Gasteiger partial charge in [0.15, 0.2) is 5.78 Å². The van der Waals surface area contributed by atoms with E-state index in [4.69, 9.17) is 4.74 Å². The molecule has 5 heteroatoms. The molecule has 2 rings (SSSR count). The van der Waals surface area contributed by atoms with Crippen LogP contribution in [-0.4, -0.2) is 29.1 Å². The molecule has 1 aromatic heterocycles. The second-order valence-electron chi connectivity index (χ2n) is 4.50. The molecule has 1 fully saturated rings. The highest BCUT2D eigenvalue weighted by Crippen LogP contribution is 2.34. The van der Waals surface area contributed by atoms with Gasteiger partial charge in [0.2, 0.25) is 0 Å². The van der Waals surface area contributed by atoms with Crippen molar-refractivity contribution in [2.45, 2.75) is 25.7 Å². The molecular formula is C14H15NO4. The zero-order chi connectivity index (χ0) is 13.8. The molecule has 19 heavy (non-hydrogen) atoms. The molecule has 0 saturated heterocycles. The lowest BCUT2D eigenvalue weighted by Crippen LogP contribution is -2.38. The number of carbonyl (C=O) groups excluding carboxylic acids is 3. The number of aromatic nitrogens is 1. The summed E-state index contributed by atoms with van der Waals surface area (Å²) in [6.45, 7) is 1.91. The highest BCUT2D eigenvalue weighted by atomic mass is 16.5. The first-order valence-electron chi connectivity index (χ1n) is 6.24. The van der Waals surface area contributed by atoms with Crippen LogP contribution in [0.4, 0.5) is 0 Å². The molecule has 1 aromatic rings. The van der Waals surface area contributed by atoms with Crippen molar-refractivity contribution >= 4 is 17.5 Å². The van der Waals surface area contributed by atoms with Gasteiger partial charge in [0.05, 0.1) is 13.0 Å². The first-order chi connectivity index (χ1) is 9.13. The number of ketones is 2. The van der Waals surface area contributed by atoms with Crippen LogP contribution in [0, 0.1) is 5.92 Å². The van der Waals surface area contributed by atoms with Crippen LogP contribution >= 0.6 is 0 Å². The maximum absolute atomic E-state index is 12.0. The fraction of sp³-hybridized carbons (Fsp3) is 0.429. The molecule has 0 amide bonds. The number of hydrogen-bond donors (Lipinski definition) is 0. The lowest BCUT2D eigenvalue weighted by molar-refractivity contribution is -0.154. The molecule has 2 unspecified atom stereocenters. The third-order valence-electron chi connectivity index (χ3n) is 3.24. The van der Waals surface area contributed by atoms with Gasteiger partial charge < -0.3 is 4.74 Å². The van der Waals surface area contributed by atoms with Crippen LogP contribution in [0.2, 0.25) is 0 Å². The Morgan fingerprint density at radius 2 is 2.05 bits per heavy atom. The van der Waals surface area contributed by atoms with Gasteiger partial charge in [-0.15, -0.1) is 0 Å². The maximum Gasteiger partial charge on any atom is 0.317 e. The van der Waals surface area contributed by atoms with Crippen molar-refractivity contribution in [1.82, 2.24) is 4.98 Å². The standard InChI is InChI=1S/C14H15NO4/c1-2-19-14(18)13-11(7-10(16)8-12(13)17)9-3-5-15-6-4-9/h3-6,11,13H,2,7-8H2,1H3. The van der Waals surface area contributed by atoms with Gasteiger partial charge >= 0.3 is 5.97 Å². The van der Waals surface area contributed by atoms with Crippen LogP contribution in [0.1, 0.15) is 31.2 Å². The van der Waals surface area contributed by atoms with Crippen LogP contribution in [0.3, 0.4) is 0 Å². The summed E-state index contributed by atoms with van der Waals surface area (Å²) >= 11 is 0. The van der Waals surface area contributed by atoms with Crippen molar-refractivity contribution in [3.8, 4) is 0 Å². The molecule has 0 bridgehead atoms. The molecule has 1 saturated carbocycles. The van der Waals surface area contributed by atoms with Crippen molar-refractivity contribution in [2.24, 2.45) is 5.92 Å². The van der Waals surface area contributed by atoms with Gasteiger partial charge in [0.25, 0.3) is 0 Å². The van der Waals surface area contributed by atoms with Crippen LogP contribution in [-0.2, 0) is 19.1 Å². The molecule has 0 aromatic carbocycles. The second-order valence-corrected chi connectivity index (χ2v) is 4.50. The van der Waals surface area contributed by atoms with Crippen molar-refractivity contribution < 1.29 is 19.1 Å². The Labute approximate surface area is 111 Å². The van der Waals surface area contributed by atoms with Crippen molar-refractivity contribution in [3.63, 3.8) is 0 Å². The smallest absolute Gasteiger partial charge is 0.317 e. The number of rotatable bonds is 3. The SMILES string of the molecule is CCOC(=O)C1C(=O)CC(=O)CC1c1ccncc1. The Balaban J connectivity index is 2.32. The Morgan fingerprint density at radius 1 is 1.37 bits per heavy atom. The molecule has 0 N–H and O–H groups in total. The minimum atomic E-state index is -0.875. The van der Waals surface area contributed by atoms with E-state index < -0.39 is 17.8 Å². The van der Waals surface area contributed by atoms with E-state index in [2.05, 4.69) is 4.98 Å². The number of esters is 1. The maximum atomic E-state index is 12.0. The van der Waals surface area contributed by atoms with Gasteiger partial charge in [-0.2, -0.15) is 0 Å². The fourth-order valence-electron chi connectivity index (χ4n) is 2.41. The molecule has 5 nitrogen and oxygen atoms in total. The third-order valence-corrected chi connectivity index (χ3v) is 3.24. The summed E-state index contributed by atoms with van der Waals surface area (Å²) in [6, 6.07) is 3.45. The number of pyridine rings is 1. The molecule has 1 heterocycles. The van der Waals surface area contributed by atoms with E-state index >= 15 is 0 Å². The first-order valence-corrected chi connectivity index (χ1v) is 6.24. The average molecular weight is 261 g/mol. The number of Topliss-reactive ketones (excluding diaryl/α,β-unsaturated/α-hetero) is 2. The van der Waals surface area contributed by atoms with Crippen molar-refractivity contribution in [1.29, 1.82) is 0 Å². The van der Waals surface area contributed by atoms with Gasteiger partial charge in [-0.1, -0.05) is 0 Å². The predicted molar refractivity (Wildman–Crippen MR) is 66.3 cm³/mol. The first kappa shape index (κ1) is 13.4. The number of hydrogen-bond acceptors (Lipinski definition) is 5. The summed E-state index contributed by atoms with van der Waals surface area (Å²) in [5, 5.41) is 0. The zero-order valence-electron chi connectivity index (χ0n) is 10.7. The molecular weight excluding hydrogens is 246 g/mol. The van der Waals surface area contributed by atoms with Crippen LogP contribution < -0.4 is 0 Å². The minimum absolute atomic E-state index is 0.132. The number of carbonyl (C=O) groups is 3. The monoisotopic (exact) mass is 261 g/mol. The summed E-state index contributed by atoms with van der Waals surface area (Å²) in [6.07, 6.45) is 3.19. The topological polar surface area (TPSA) is 73.3 Å². The molecule has 0 spiro atoms. The summed E-state index contributed by atoms with van der Waals surface area (Å²) in [7, 11) is 0. The second kappa shape index (κ2) is 5.73. The van der Waals surface area contributed by atoms with E-state index in [1.165, 1.54) is 0 Å². The summed E-state index contributed by atoms with van der Waals surface area (Å²) in [5.74, 6) is -2.33. The van der Waals surface area contributed by atoms with E-state index in [-0.39, 0.29) is 31.0 Å². The zero-order valence-corrected chi connectivity index (χ0v) is 10.7. The summed E-state index contributed by atoms with van der Waals surface area (Å²) in [5.41, 5.74) is 0.773. The van der Waals surface area contributed by atoms with Gasteiger partial charge in [-0.05, 0) is 24.6 Å². The Hall–Kier alpha value is -2.04. The van der Waals surface area contributed by atoms with Gasteiger partial charge in [-0.3, -0.25) is 19.4 Å². The molecule has 1 aliphatic rings. The normalized spacial score (nSPS) is 23.2. The minimum Gasteiger partial charge on any atom is -0.465 e. The van der Waals surface area contributed by atoms with Gasteiger partial charge in [-0.25, -0.2) is 0 Å². The third kappa shape index (κ3) is 2.86. The van der Waals surface area contributed by atoms with Crippen LogP contribution in [0.5, 0.6) is 0 Å². The lowest BCUT2D eigenvalue weighted by Gasteiger charge is -2.28. The molecule has 2 atom stereocenters. The van der Waals surface area contributed by atoms with E-state index in [9.17, 15) is 14.4 Å². The number of ether oxygens (including phenoxy) is 1. The summed E-state index contributed by atoms with van der Waals surface area (Å²) < 4.78 is 4.95. The fourth-order valence-corrected chi connectivity index (χ4v) is 2.41.